The highest BCUT2D eigenvalue weighted by atomic mass is 32.1. The van der Waals surface area contributed by atoms with Gasteiger partial charge in [-0.25, -0.2) is 0 Å². The number of thiol groups is 1. The van der Waals surface area contributed by atoms with E-state index in [-0.39, 0.29) is 5.41 Å². The summed E-state index contributed by atoms with van der Waals surface area (Å²) < 4.78 is 11.3. The lowest BCUT2D eigenvalue weighted by atomic mass is 9.86. The molecule has 0 atom stereocenters. The van der Waals surface area contributed by atoms with Crippen LogP contribution in [0.4, 0.5) is 0 Å². The van der Waals surface area contributed by atoms with Crippen LogP contribution in [0.15, 0.2) is 18.2 Å². The Labute approximate surface area is 129 Å². The number of ether oxygens (including phenoxy) is 2. The van der Waals surface area contributed by atoms with Crippen LogP contribution in [0.5, 0.6) is 11.5 Å². The highest BCUT2D eigenvalue weighted by Crippen LogP contribution is 2.34. The zero-order valence-corrected chi connectivity index (χ0v) is 14.1. The predicted molar refractivity (Wildman–Crippen MR) is 89.5 cm³/mol. The van der Waals surface area contributed by atoms with Crippen molar-refractivity contribution >= 4 is 12.6 Å². The minimum Gasteiger partial charge on any atom is -0.497 e. The van der Waals surface area contributed by atoms with E-state index in [1.165, 1.54) is 24.8 Å². The van der Waals surface area contributed by atoms with Gasteiger partial charge in [0.25, 0.3) is 0 Å². The third kappa shape index (κ3) is 5.66. The number of benzene rings is 1. The predicted octanol–water partition coefficient (Wildman–Crippen LogP) is 4.86. The second-order valence-electron chi connectivity index (χ2n) is 6.10. The van der Waals surface area contributed by atoms with Crippen molar-refractivity contribution in [2.75, 3.05) is 19.5 Å². The summed E-state index contributed by atoms with van der Waals surface area (Å²) in [6.45, 7) is 7.37. The minimum atomic E-state index is 0.0515. The van der Waals surface area contributed by atoms with Crippen molar-refractivity contribution in [3.8, 4) is 11.5 Å². The largest absolute Gasteiger partial charge is 0.497 e. The van der Waals surface area contributed by atoms with Gasteiger partial charge in [-0.1, -0.05) is 33.6 Å². The molecule has 3 heteroatoms. The second kappa shape index (κ2) is 8.46. The summed E-state index contributed by atoms with van der Waals surface area (Å²) in [7, 11) is 1.70. The molecular weight excluding hydrogens is 268 g/mol. The van der Waals surface area contributed by atoms with Crippen LogP contribution in [0.1, 0.15) is 52.0 Å². The maximum atomic E-state index is 5.97. The lowest BCUT2D eigenvalue weighted by molar-refractivity contribution is 0.296. The Morgan fingerprint density at radius 2 is 1.75 bits per heavy atom. The molecule has 0 spiro atoms. The molecule has 0 aliphatic heterocycles. The average Bonchev–Trinajstić information content (AvgIpc) is 2.41. The summed E-state index contributed by atoms with van der Waals surface area (Å²) in [6.07, 6.45) is 4.74. The van der Waals surface area contributed by atoms with Crippen molar-refractivity contribution < 1.29 is 9.47 Å². The van der Waals surface area contributed by atoms with E-state index in [9.17, 15) is 0 Å². The van der Waals surface area contributed by atoms with Gasteiger partial charge in [0.05, 0.1) is 13.7 Å². The molecule has 0 saturated heterocycles. The third-order valence-corrected chi connectivity index (χ3v) is 3.62. The van der Waals surface area contributed by atoms with E-state index in [2.05, 4.69) is 39.5 Å². The number of unbranched alkanes of at least 4 members (excludes halogenated alkanes) is 3. The van der Waals surface area contributed by atoms with Crippen LogP contribution in [0, 0.1) is 0 Å². The maximum absolute atomic E-state index is 5.97. The fourth-order valence-corrected chi connectivity index (χ4v) is 2.32. The van der Waals surface area contributed by atoms with Crippen molar-refractivity contribution in [1.29, 1.82) is 0 Å². The van der Waals surface area contributed by atoms with Gasteiger partial charge in [0.1, 0.15) is 11.5 Å². The smallest absolute Gasteiger partial charge is 0.123 e. The van der Waals surface area contributed by atoms with E-state index in [0.717, 1.165) is 30.3 Å². The Morgan fingerprint density at radius 1 is 1.05 bits per heavy atom. The van der Waals surface area contributed by atoms with Gasteiger partial charge in [-0.05, 0) is 42.2 Å². The van der Waals surface area contributed by atoms with Crippen LogP contribution < -0.4 is 9.47 Å². The summed E-state index contributed by atoms with van der Waals surface area (Å²) in [6, 6.07) is 6.06. The summed E-state index contributed by atoms with van der Waals surface area (Å²) in [5.74, 6) is 2.84. The van der Waals surface area contributed by atoms with Crippen molar-refractivity contribution in [1.82, 2.24) is 0 Å². The molecule has 0 unspecified atom stereocenters. The normalized spacial score (nSPS) is 11.4. The summed E-state index contributed by atoms with van der Waals surface area (Å²) in [5, 5.41) is 0. The summed E-state index contributed by atoms with van der Waals surface area (Å²) in [5.41, 5.74) is 1.25. The van der Waals surface area contributed by atoms with Gasteiger partial charge in [-0.2, -0.15) is 12.6 Å². The van der Waals surface area contributed by atoms with Gasteiger partial charge in [-0.3, -0.25) is 0 Å². The monoisotopic (exact) mass is 296 g/mol. The molecule has 114 valence electrons. The lowest BCUT2D eigenvalue weighted by Gasteiger charge is -2.23. The fraction of sp³-hybridized carbons (Fsp3) is 0.647. The molecule has 0 N–H and O–H groups in total. The topological polar surface area (TPSA) is 18.5 Å². The number of methoxy groups -OCH3 is 1. The molecule has 0 aliphatic rings. The molecule has 0 amide bonds. The van der Waals surface area contributed by atoms with Crippen LogP contribution in [0.2, 0.25) is 0 Å². The molecule has 0 bridgehead atoms. The zero-order valence-electron chi connectivity index (χ0n) is 13.2. The molecule has 0 heterocycles. The highest BCUT2D eigenvalue weighted by molar-refractivity contribution is 7.80. The van der Waals surface area contributed by atoms with Gasteiger partial charge in [0.15, 0.2) is 0 Å². The Kier molecular flexibility index (Phi) is 7.28. The molecule has 1 aromatic carbocycles. The maximum Gasteiger partial charge on any atom is 0.123 e. The summed E-state index contributed by atoms with van der Waals surface area (Å²) >= 11 is 4.22. The lowest BCUT2D eigenvalue weighted by Crippen LogP contribution is -2.14. The van der Waals surface area contributed by atoms with E-state index in [1.807, 2.05) is 12.1 Å². The standard InChI is InChI=1S/C17H28O2S/c1-17(2,3)15-13-14(18-4)9-10-16(15)19-11-7-5-6-8-12-20/h9-10,13,20H,5-8,11-12H2,1-4H3. The minimum absolute atomic E-state index is 0.0515. The van der Waals surface area contributed by atoms with Crippen molar-refractivity contribution in [3.05, 3.63) is 23.8 Å². The second-order valence-corrected chi connectivity index (χ2v) is 6.55. The first kappa shape index (κ1) is 17.2. The van der Waals surface area contributed by atoms with E-state index < -0.39 is 0 Å². The van der Waals surface area contributed by atoms with Gasteiger partial charge in [-0.15, -0.1) is 0 Å². The molecule has 0 aliphatic carbocycles. The molecule has 20 heavy (non-hydrogen) atoms. The van der Waals surface area contributed by atoms with Crippen LogP contribution in [0.25, 0.3) is 0 Å². The highest BCUT2D eigenvalue weighted by Gasteiger charge is 2.19. The van der Waals surface area contributed by atoms with Gasteiger partial charge < -0.3 is 9.47 Å². The molecule has 0 fully saturated rings. The van der Waals surface area contributed by atoms with E-state index >= 15 is 0 Å². The SMILES string of the molecule is COc1ccc(OCCCCCCS)c(C(C)(C)C)c1. The molecule has 2 nitrogen and oxygen atoms in total. The Hall–Kier alpha value is -0.830. The number of hydrogen-bond donors (Lipinski definition) is 1. The van der Waals surface area contributed by atoms with Crippen LogP contribution in [-0.2, 0) is 5.41 Å². The van der Waals surface area contributed by atoms with Crippen molar-refractivity contribution in [3.63, 3.8) is 0 Å². The number of hydrogen-bond acceptors (Lipinski definition) is 3. The first-order valence-electron chi connectivity index (χ1n) is 7.41. The van der Waals surface area contributed by atoms with Gasteiger partial charge in [0, 0.05) is 5.56 Å². The molecule has 0 saturated carbocycles. The molecule has 1 aromatic rings. The van der Waals surface area contributed by atoms with Crippen molar-refractivity contribution in [2.24, 2.45) is 0 Å². The summed E-state index contributed by atoms with van der Waals surface area (Å²) in [4.78, 5) is 0. The third-order valence-electron chi connectivity index (χ3n) is 3.30. The van der Waals surface area contributed by atoms with Crippen LogP contribution >= 0.6 is 12.6 Å². The van der Waals surface area contributed by atoms with Crippen molar-refractivity contribution in [2.45, 2.75) is 51.9 Å². The van der Waals surface area contributed by atoms with Gasteiger partial charge >= 0.3 is 0 Å². The average molecular weight is 296 g/mol. The Balaban J connectivity index is 2.60. The van der Waals surface area contributed by atoms with Gasteiger partial charge in [0.2, 0.25) is 0 Å². The first-order chi connectivity index (χ1) is 9.49. The van der Waals surface area contributed by atoms with Crippen LogP contribution in [-0.4, -0.2) is 19.5 Å². The molecule has 0 aromatic heterocycles. The Morgan fingerprint density at radius 3 is 2.35 bits per heavy atom. The zero-order chi connectivity index (χ0) is 15.0. The van der Waals surface area contributed by atoms with E-state index in [0.29, 0.717) is 0 Å². The molecule has 1 rings (SSSR count). The van der Waals surface area contributed by atoms with E-state index in [1.54, 1.807) is 7.11 Å². The number of rotatable bonds is 8. The first-order valence-corrected chi connectivity index (χ1v) is 8.04. The Bertz CT molecular complexity index is 396. The van der Waals surface area contributed by atoms with E-state index in [4.69, 9.17) is 9.47 Å². The fourth-order valence-electron chi connectivity index (χ4n) is 2.10. The molecule has 0 radical (unpaired) electrons. The van der Waals surface area contributed by atoms with Crippen LogP contribution in [0.3, 0.4) is 0 Å². The molecular formula is C17H28O2S. The quantitative estimate of drug-likeness (QED) is 0.545.